The molecule has 0 spiro atoms. The van der Waals surface area contributed by atoms with E-state index in [0.29, 0.717) is 18.5 Å². The Kier molecular flexibility index (Phi) is 5.50. The number of hydrogen-bond acceptors (Lipinski definition) is 2. The average molecular weight is 363 g/mol. The van der Waals surface area contributed by atoms with Crippen molar-refractivity contribution in [2.24, 2.45) is 11.7 Å². The van der Waals surface area contributed by atoms with E-state index in [1.165, 1.54) is 6.07 Å². The van der Waals surface area contributed by atoms with Gasteiger partial charge in [-0.2, -0.15) is 13.2 Å². The highest BCUT2D eigenvalue weighted by Crippen LogP contribution is 2.49. The van der Waals surface area contributed by atoms with Gasteiger partial charge in [-0.15, -0.1) is 12.4 Å². The van der Waals surface area contributed by atoms with Crippen LogP contribution in [0.15, 0.2) is 24.3 Å². The summed E-state index contributed by atoms with van der Waals surface area (Å²) in [5.41, 5.74) is 5.44. The minimum Gasteiger partial charge on any atom is -0.349 e. The van der Waals surface area contributed by atoms with Crippen LogP contribution in [0.25, 0.3) is 0 Å². The van der Waals surface area contributed by atoms with Crippen LogP contribution in [0.1, 0.15) is 49.1 Å². The summed E-state index contributed by atoms with van der Waals surface area (Å²) in [7, 11) is 0. The first-order valence-corrected chi connectivity index (χ1v) is 8.04. The zero-order valence-electron chi connectivity index (χ0n) is 13.2. The van der Waals surface area contributed by atoms with E-state index in [0.717, 1.165) is 37.8 Å². The third kappa shape index (κ3) is 3.86. The van der Waals surface area contributed by atoms with Gasteiger partial charge < -0.3 is 11.1 Å². The lowest BCUT2D eigenvalue weighted by Crippen LogP contribution is -2.52. The summed E-state index contributed by atoms with van der Waals surface area (Å²) in [6.45, 7) is 0.416. The molecule has 3 N–H and O–H groups in total. The summed E-state index contributed by atoms with van der Waals surface area (Å²) >= 11 is 0. The van der Waals surface area contributed by atoms with Gasteiger partial charge in [0.1, 0.15) is 0 Å². The van der Waals surface area contributed by atoms with Gasteiger partial charge in [-0.3, -0.25) is 4.79 Å². The number of nitrogens with two attached hydrogens (primary N) is 1. The molecule has 3 rings (SSSR count). The van der Waals surface area contributed by atoms with Crippen molar-refractivity contribution in [2.45, 2.75) is 49.7 Å². The van der Waals surface area contributed by atoms with Crippen LogP contribution in [-0.2, 0) is 11.0 Å². The topological polar surface area (TPSA) is 55.1 Å². The molecule has 1 amide bonds. The van der Waals surface area contributed by atoms with Gasteiger partial charge in [0, 0.05) is 12.5 Å². The van der Waals surface area contributed by atoms with E-state index in [1.54, 1.807) is 6.07 Å². The maximum absolute atomic E-state index is 12.8. The fourth-order valence-electron chi connectivity index (χ4n) is 3.58. The minimum atomic E-state index is -4.35. The Labute approximate surface area is 145 Å². The van der Waals surface area contributed by atoms with Crippen LogP contribution in [-0.4, -0.2) is 18.0 Å². The summed E-state index contributed by atoms with van der Waals surface area (Å²) in [4.78, 5) is 12.4. The summed E-state index contributed by atoms with van der Waals surface area (Å²) in [6.07, 6.45) is 0.134. The van der Waals surface area contributed by atoms with Crippen molar-refractivity contribution in [3.8, 4) is 0 Å². The van der Waals surface area contributed by atoms with Crippen LogP contribution in [0.3, 0.4) is 0 Å². The number of nitrogens with one attached hydrogen (secondary N) is 1. The van der Waals surface area contributed by atoms with Crippen LogP contribution in [0.5, 0.6) is 0 Å². The quantitative estimate of drug-likeness (QED) is 0.859. The van der Waals surface area contributed by atoms with E-state index < -0.39 is 11.7 Å². The van der Waals surface area contributed by atoms with Crippen LogP contribution in [0, 0.1) is 5.92 Å². The van der Waals surface area contributed by atoms with Gasteiger partial charge in [-0.25, -0.2) is 0 Å². The van der Waals surface area contributed by atoms with Crippen molar-refractivity contribution >= 4 is 18.3 Å². The van der Waals surface area contributed by atoms with Crippen molar-refractivity contribution in [3.63, 3.8) is 0 Å². The average Bonchev–Trinajstić information content (AvgIpc) is 3.20. The predicted molar refractivity (Wildman–Crippen MR) is 87.9 cm³/mol. The fraction of sp³-hybridized carbons (Fsp3) is 0.588. The minimum absolute atomic E-state index is 0. The molecular weight excluding hydrogens is 341 g/mol. The molecule has 0 saturated heterocycles. The van der Waals surface area contributed by atoms with Crippen LogP contribution in [0.4, 0.5) is 13.2 Å². The molecule has 134 valence electrons. The molecule has 1 aromatic carbocycles. The molecule has 0 radical (unpaired) electrons. The van der Waals surface area contributed by atoms with Gasteiger partial charge in [-0.05, 0) is 36.8 Å². The predicted octanol–water partition coefficient (Wildman–Crippen LogP) is 3.62. The second-order valence-corrected chi connectivity index (χ2v) is 6.75. The third-order valence-corrected chi connectivity index (χ3v) is 5.11. The second kappa shape index (κ2) is 6.92. The second-order valence-electron chi connectivity index (χ2n) is 6.75. The molecule has 7 heteroatoms. The number of carbonyl (C=O) groups is 1. The maximum Gasteiger partial charge on any atom is 0.416 e. The highest BCUT2D eigenvalue weighted by atomic mass is 35.5. The lowest BCUT2D eigenvalue weighted by Gasteiger charge is -2.28. The SMILES string of the molecule is Cl.NCC1(NC(=O)C2CC2c2cccc(C(F)(F)F)c2)CCCC1. The molecule has 2 fully saturated rings. The molecule has 2 unspecified atom stereocenters. The Bertz CT molecular complexity index is 600. The summed E-state index contributed by atoms with van der Waals surface area (Å²) in [6, 6.07) is 5.29. The molecule has 2 aliphatic carbocycles. The van der Waals surface area contributed by atoms with Crippen LogP contribution < -0.4 is 11.1 Å². The van der Waals surface area contributed by atoms with Crippen LogP contribution in [0.2, 0.25) is 0 Å². The molecule has 0 bridgehead atoms. The first-order chi connectivity index (χ1) is 10.8. The standard InChI is InChI=1S/C17H21F3N2O.ClH/c18-17(19,20)12-5-3-4-11(8-12)13-9-14(13)15(23)22-16(10-21)6-1-2-7-16;/h3-5,8,13-14H,1-2,6-7,9-10,21H2,(H,22,23);1H. The van der Waals surface area contributed by atoms with E-state index in [4.69, 9.17) is 5.73 Å². The highest BCUT2D eigenvalue weighted by molar-refractivity contribution is 5.85. The Hall–Kier alpha value is -1.27. The lowest BCUT2D eigenvalue weighted by atomic mass is 9.97. The number of halogens is 4. The monoisotopic (exact) mass is 362 g/mol. The highest BCUT2D eigenvalue weighted by Gasteiger charge is 2.47. The number of carbonyl (C=O) groups excluding carboxylic acids is 1. The van der Waals surface area contributed by atoms with E-state index in [1.807, 2.05) is 0 Å². The van der Waals surface area contributed by atoms with Gasteiger partial charge in [0.05, 0.1) is 11.1 Å². The first-order valence-electron chi connectivity index (χ1n) is 8.04. The number of hydrogen-bond donors (Lipinski definition) is 2. The van der Waals surface area contributed by atoms with Crippen molar-refractivity contribution in [3.05, 3.63) is 35.4 Å². The van der Waals surface area contributed by atoms with E-state index in [-0.39, 0.29) is 35.7 Å². The zero-order chi connectivity index (χ0) is 16.7. The molecule has 1 aromatic rings. The third-order valence-electron chi connectivity index (χ3n) is 5.11. The Morgan fingerprint density at radius 2 is 1.96 bits per heavy atom. The van der Waals surface area contributed by atoms with Gasteiger partial charge in [0.2, 0.25) is 5.91 Å². The summed E-state index contributed by atoms with van der Waals surface area (Å²) in [5.74, 6) is -0.421. The van der Waals surface area contributed by atoms with Crippen LogP contribution >= 0.6 is 12.4 Å². The summed E-state index contributed by atoms with van der Waals surface area (Å²) in [5, 5.41) is 3.06. The lowest BCUT2D eigenvalue weighted by molar-refractivity contribution is -0.137. The molecule has 0 aromatic heterocycles. The Morgan fingerprint density at radius 3 is 2.54 bits per heavy atom. The molecule has 0 heterocycles. The molecular formula is C17H22ClF3N2O. The fourth-order valence-corrected chi connectivity index (χ4v) is 3.58. The Balaban J connectivity index is 0.00000208. The zero-order valence-corrected chi connectivity index (χ0v) is 14.1. The smallest absolute Gasteiger partial charge is 0.349 e. The van der Waals surface area contributed by atoms with Gasteiger partial charge >= 0.3 is 6.18 Å². The van der Waals surface area contributed by atoms with Gasteiger partial charge in [0.15, 0.2) is 0 Å². The summed E-state index contributed by atoms with van der Waals surface area (Å²) < 4.78 is 38.3. The van der Waals surface area contributed by atoms with Crippen molar-refractivity contribution < 1.29 is 18.0 Å². The maximum atomic E-state index is 12.8. The molecule has 2 aliphatic rings. The van der Waals surface area contributed by atoms with Crippen molar-refractivity contribution in [1.29, 1.82) is 0 Å². The number of rotatable bonds is 4. The Morgan fingerprint density at radius 1 is 1.29 bits per heavy atom. The molecule has 24 heavy (non-hydrogen) atoms. The van der Waals surface area contributed by atoms with Gasteiger partial charge in [0.25, 0.3) is 0 Å². The van der Waals surface area contributed by atoms with Crippen molar-refractivity contribution in [2.75, 3.05) is 6.54 Å². The van der Waals surface area contributed by atoms with E-state index in [2.05, 4.69) is 5.32 Å². The largest absolute Gasteiger partial charge is 0.416 e. The van der Waals surface area contributed by atoms with Gasteiger partial charge in [-0.1, -0.05) is 31.0 Å². The normalized spacial score (nSPS) is 25.0. The molecule has 2 saturated carbocycles. The molecule has 0 aliphatic heterocycles. The van der Waals surface area contributed by atoms with Crippen molar-refractivity contribution in [1.82, 2.24) is 5.32 Å². The van der Waals surface area contributed by atoms with E-state index >= 15 is 0 Å². The number of amides is 1. The number of alkyl halides is 3. The van der Waals surface area contributed by atoms with E-state index in [9.17, 15) is 18.0 Å². The first kappa shape index (κ1) is 19.1. The number of benzene rings is 1. The molecule has 2 atom stereocenters. The molecule has 3 nitrogen and oxygen atoms in total.